The zero-order valence-corrected chi connectivity index (χ0v) is 10.4. The molecule has 2 N–H and O–H groups in total. The van der Waals surface area contributed by atoms with Crippen LogP contribution in [-0.4, -0.2) is 40.7 Å². The molecule has 0 bridgehead atoms. The first-order valence-electron chi connectivity index (χ1n) is 6.15. The molecule has 6 nitrogen and oxygen atoms in total. The third-order valence-electron chi connectivity index (χ3n) is 3.39. The van der Waals surface area contributed by atoms with E-state index in [1.807, 2.05) is 10.6 Å². The van der Waals surface area contributed by atoms with Gasteiger partial charge in [-0.25, -0.2) is 9.97 Å². The molecule has 0 amide bonds. The second-order valence-electron chi connectivity index (χ2n) is 4.59. The number of fused-ring (bicyclic) bond motifs is 1. The van der Waals surface area contributed by atoms with Gasteiger partial charge in [-0.15, -0.1) is 0 Å². The topological polar surface area (TPSA) is 68.7 Å². The quantitative estimate of drug-likeness (QED) is 0.855. The van der Waals surface area contributed by atoms with Crippen LogP contribution in [0.1, 0.15) is 12.8 Å². The Bertz CT molecular complexity index is 552. The summed E-state index contributed by atoms with van der Waals surface area (Å²) in [7, 11) is 1.76. The van der Waals surface area contributed by atoms with Gasteiger partial charge in [0.1, 0.15) is 5.82 Å². The van der Waals surface area contributed by atoms with Crippen LogP contribution in [-0.2, 0) is 4.74 Å². The first kappa shape index (κ1) is 11.3. The molecule has 3 heterocycles. The molecule has 1 aliphatic rings. The molecule has 0 saturated carbocycles. The highest BCUT2D eigenvalue weighted by atomic mass is 16.5. The number of nitrogens with zero attached hydrogens (tertiary/aromatic N) is 4. The first-order chi connectivity index (χ1) is 8.78. The molecular formula is C12H17N5O. The summed E-state index contributed by atoms with van der Waals surface area (Å²) < 4.78 is 7.35. The highest BCUT2D eigenvalue weighted by Gasteiger charge is 2.23. The monoisotopic (exact) mass is 247 g/mol. The van der Waals surface area contributed by atoms with E-state index in [1.54, 1.807) is 19.5 Å². The zero-order chi connectivity index (χ0) is 12.5. The maximum absolute atomic E-state index is 5.84. The molecule has 1 fully saturated rings. The molecule has 1 aliphatic heterocycles. The van der Waals surface area contributed by atoms with Crippen LogP contribution in [0.3, 0.4) is 0 Å². The van der Waals surface area contributed by atoms with Crippen molar-refractivity contribution in [3.63, 3.8) is 0 Å². The first-order valence-corrected chi connectivity index (χ1v) is 6.15. The summed E-state index contributed by atoms with van der Waals surface area (Å²) in [6, 6.07) is 0. The summed E-state index contributed by atoms with van der Waals surface area (Å²) in [4.78, 5) is 11.0. The molecule has 2 aromatic heterocycles. The van der Waals surface area contributed by atoms with Crippen LogP contribution < -0.4 is 10.6 Å². The fraction of sp³-hybridized carbons (Fsp3) is 0.500. The smallest absolute Gasteiger partial charge is 0.180 e. The lowest BCUT2D eigenvalue weighted by atomic mass is 10.1. The van der Waals surface area contributed by atoms with Crippen molar-refractivity contribution in [2.75, 3.05) is 30.8 Å². The SMILES string of the molecule is COC1CCCN(c2nc(N)cn3ccnc23)C1. The number of aromatic nitrogens is 3. The van der Waals surface area contributed by atoms with E-state index in [2.05, 4.69) is 14.9 Å². The van der Waals surface area contributed by atoms with E-state index < -0.39 is 0 Å². The Morgan fingerprint density at radius 2 is 2.39 bits per heavy atom. The van der Waals surface area contributed by atoms with E-state index in [4.69, 9.17) is 10.5 Å². The van der Waals surface area contributed by atoms with Gasteiger partial charge in [0.15, 0.2) is 11.5 Å². The third kappa shape index (κ3) is 1.88. The van der Waals surface area contributed by atoms with Crippen molar-refractivity contribution in [2.45, 2.75) is 18.9 Å². The van der Waals surface area contributed by atoms with E-state index in [0.29, 0.717) is 5.82 Å². The number of hydrogen-bond acceptors (Lipinski definition) is 5. The fourth-order valence-corrected chi connectivity index (χ4v) is 2.47. The van der Waals surface area contributed by atoms with Crippen molar-refractivity contribution in [1.82, 2.24) is 14.4 Å². The summed E-state index contributed by atoms with van der Waals surface area (Å²) in [6.07, 6.45) is 7.88. The normalized spacial score (nSPS) is 20.5. The minimum Gasteiger partial charge on any atom is -0.382 e. The van der Waals surface area contributed by atoms with Crippen LogP contribution in [0, 0.1) is 0 Å². The maximum atomic E-state index is 5.84. The minimum absolute atomic E-state index is 0.261. The van der Waals surface area contributed by atoms with E-state index in [1.165, 1.54) is 0 Å². The summed E-state index contributed by atoms with van der Waals surface area (Å²) in [5.41, 5.74) is 6.69. The summed E-state index contributed by atoms with van der Waals surface area (Å²) in [5.74, 6) is 1.36. The maximum Gasteiger partial charge on any atom is 0.180 e. The number of anilines is 2. The molecule has 96 valence electrons. The van der Waals surface area contributed by atoms with Crippen molar-refractivity contribution in [3.05, 3.63) is 18.6 Å². The zero-order valence-electron chi connectivity index (χ0n) is 10.4. The number of piperidine rings is 1. The van der Waals surface area contributed by atoms with Gasteiger partial charge in [-0.05, 0) is 12.8 Å². The molecule has 3 rings (SSSR count). The molecule has 0 spiro atoms. The van der Waals surface area contributed by atoms with E-state index in [0.717, 1.165) is 37.4 Å². The Morgan fingerprint density at radius 3 is 3.22 bits per heavy atom. The van der Waals surface area contributed by atoms with Gasteiger partial charge in [0.2, 0.25) is 0 Å². The molecule has 2 aromatic rings. The molecule has 1 unspecified atom stereocenters. The fourth-order valence-electron chi connectivity index (χ4n) is 2.47. The lowest BCUT2D eigenvalue weighted by Gasteiger charge is -2.32. The van der Waals surface area contributed by atoms with Crippen molar-refractivity contribution in [1.29, 1.82) is 0 Å². The number of ether oxygens (including phenoxy) is 1. The Balaban J connectivity index is 2.00. The molecular weight excluding hydrogens is 230 g/mol. The van der Waals surface area contributed by atoms with Crippen LogP contribution >= 0.6 is 0 Å². The van der Waals surface area contributed by atoms with Gasteiger partial charge in [0, 0.05) is 32.6 Å². The molecule has 0 aromatic carbocycles. The second kappa shape index (κ2) is 4.45. The predicted molar refractivity (Wildman–Crippen MR) is 69.6 cm³/mol. The Hall–Kier alpha value is -1.82. The predicted octanol–water partition coefficient (Wildman–Crippen LogP) is 0.927. The van der Waals surface area contributed by atoms with E-state index in [-0.39, 0.29) is 6.10 Å². The molecule has 0 aliphatic carbocycles. The average molecular weight is 247 g/mol. The van der Waals surface area contributed by atoms with Crippen LogP contribution in [0.5, 0.6) is 0 Å². The van der Waals surface area contributed by atoms with Gasteiger partial charge in [0.05, 0.1) is 12.3 Å². The van der Waals surface area contributed by atoms with Gasteiger partial charge >= 0.3 is 0 Å². The number of methoxy groups -OCH3 is 1. The minimum atomic E-state index is 0.261. The standard InChI is InChI=1S/C12H17N5O/c1-18-9-3-2-5-16(7-9)12-11-14-4-6-17(11)8-10(13)15-12/h4,6,8-9H,2-3,5,7,13H2,1H3. The molecule has 1 atom stereocenters. The summed E-state index contributed by atoms with van der Waals surface area (Å²) >= 11 is 0. The Morgan fingerprint density at radius 1 is 1.50 bits per heavy atom. The van der Waals surface area contributed by atoms with Gasteiger partial charge < -0.3 is 19.8 Å². The van der Waals surface area contributed by atoms with Crippen molar-refractivity contribution in [3.8, 4) is 0 Å². The van der Waals surface area contributed by atoms with Crippen LogP contribution in [0.4, 0.5) is 11.6 Å². The average Bonchev–Trinajstić information content (AvgIpc) is 2.85. The number of nitrogens with two attached hydrogens (primary N) is 1. The van der Waals surface area contributed by atoms with Gasteiger partial charge in [-0.3, -0.25) is 0 Å². The van der Waals surface area contributed by atoms with Gasteiger partial charge in [-0.1, -0.05) is 0 Å². The van der Waals surface area contributed by atoms with Crippen molar-refractivity contribution in [2.24, 2.45) is 0 Å². The summed E-state index contributed by atoms with van der Waals surface area (Å²) in [6.45, 7) is 1.81. The van der Waals surface area contributed by atoms with E-state index in [9.17, 15) is 0 Å². The highest BCUT2D eigenvalue weighted by Crippen LogP contribution is 2.23. The van der Waals surface area contributed by atoms with Crippen molar-refractivity contribution < 1.29 is 4.74 Å². The number of hydrogen-bond donors (Lipinski definition) is 1. The lowest BCUT2D eigenvalue weighted by molar-refractivity contribution is 0.0892. The van der Waals surface area contributed by atoms with E-state index >= 15 is 0 Å². The highest BCUT2D eigenvalue weighted by molar-refractivity contribution is 5.66. The lowest BCUT2D eigenvalue weighted by Crippen LogP contribution is -2.40. The molecule has 18 heavy (non-hydrogen) atoms. The molecule has 6 heteroatoms. The van der Waals surface area contributed by atoms with Gasteiger partial charge in [-0.2, -0.15) is 0 Å². The number of nitrogen functional groups attached to an aromatic ring is 1. The Labute approximate surface area is 105 Å². The molecule has 0 radical (unpaired) electrons. The largest absolute Gasteiger partial charge is 0.382 e. The third-order valence-corrected chi connectivity index (χ3v) is 3.39. The summed E-state index contributed by atoms with van der Waals surface area (Å²) in [5, 5.41) is 0. The Kier molecular flexibility index (Phi) is 2.79. The van der Waals surface area contributed by atoms with Crippen molar-refractivity contribution >= 4 is 17.3 Å². The van der Waals surface area contributed by atoms with Crippen LogP contribution in [0.15, 0.2) is 18.6 Å². The van der Waals surface area contributed by atoms with Gasteiger partial charge in [0.25, 0.3) is 0 Å². The number of rotatable bonds is 2. The van der Waals surface area contributed by atoms with Crippen LogP contribution in [0.25, 0.3) is 5.65 Å². The second-order valence-corrected chi connectivity index (χ2v) is 4.59. The van der Waals surface area contributed by atoms with Crippen LogP contribution in [0.2, 0.25) is 0 Å². The number of imidazole rings is 1. The molecule has 1 saturated heterocycles.